The van der Waals surface area contributed by atoms with Crippen molar-refractivity contribution in [2.24, 2.45) is 11.3 Å². The van der Waals surface area contributed by atoms with Crippen LogP contribution in [0.25, 0.3) is 16.6 Å². The average molecular weight is 489 g/mol. The van der Waals surface area contributed by atoms with Gasteiger partial charge in [-0.05, 0) is 38.2 Å². The van der Waals surface area contributed by atoms with Gasteiger partial charge < -0.3 is 15.4 Å². The van der Waals surface area contributed by atoms with Crippen molar-refractivity contribution in [3.05, 3.63) is 48.6 Å². The quantitative estimate of drug-likeness (QED) is 0.506. The molecule has 0 bridgehead atoms. The van der Waals surface area contributed by atoms with E-state index >= 15 is 0 Å². The molecule has 11 heteroatoms. The number of hydrogen-bond acceptors (Lipinski definition) is 5. The van der Waals surface area contributed by atoms with Crippen molar-refractivity contribution in [1.29, 1.82) is 0 Å². The Hall–Kier alpha value is -3.21. The van der Waals surface area contributed by atoms with Crippen LogP contribution in [0, 0.1) is 11.3 Å². The Balaban J connectivity index is 1.26. The van der Waals surface area contributed by atoms with Crippen LogP contribution in [0.15, 0.2) is 42.9 Å². The SMILES string of the molecule is CC1(C(O)(CNC(=O)C2CCC(c3nnn4cnc5[nH]ccc5c34)CC2)C(F)(F)F)C=CC=CC1. The highest BCUT2D eigenvalue weighted by molar-refractivity contribution is 5.92. The minimum atomic E-state index is -4.91. The number of amides is 1. The zero-order valence-corrected chi connectivity index (χ0v) is 19.2. The summed E-state index contributed by atoms with van der Waals surface area (Å²) in [7, 11) is 0. The number of H-pyrrole nitrogens is 1. The standard InChI is InChI=1S/C24H27F3N6O2/c1-22(10-3-2-4-11-22)23(35,24(25,26)27)13-29-21(34)16-7-5-15(6-8-16)18-19-17-9-12-28-20(17)30-14-33(19)32-31-18/h2-4,9-10,12,14-16,28,35H,5-8,11,13H2,1H3,(H,29,34). The van der Waals surface area contributed by atoms with Crippen molar-refractivity contribution in [1.82, 2.24) is 30.1 Å². The van der Waals surface area contributed by atoms with Gasteiger partial charge in [-0.2, -0.15) is 13.2 Å². The zero-order chi connectivity index (χ0) is 24.8. The summed E-state index contributed by atoms with van der Waals surface area (Å²) in [6, 6.07) is 1.92. The molecule has 1 fully saturated rings. The Bertz CT molecular complexity index is 1300. The highest BCUT2D eigenvalue weighted by atomic mass is 19.4. The molecule has 2 atom stereocenters. The smallest absolute Gasteiger partial charge is 0.378 e. The van der Waals surface area contributed by atoms with E-state index in [0.717, 1.165) is 22.2 Å². The Morgan fingerprint density at radius 1 is 1.29 bits per heavy atom. The molecule has 2 aliphatic carbocycles. The number of aromatic amines is 1. The molecule has 3 heterocycles. The second-order valence-corrected chi connectivity index (χ2v) is 9.79. The van der Waals surface area contributed by atoms with Gasteiger partial charge in [0.2, 0.25) is 5.91 Å². The lowest BCUT2D eigenvalue weighted by Crippen LogP contribution is -2.63. The molecule has 0 aliphatic heterocycles. The maximum Gasteiger partial charge on any atom is 0.419 e. The van der Waals surface area contributed by atoms with E-state index in [1.165, 1.54) is 19.1 Å². The number of aliphatic hydroxyl groups is 1. The van der Waals surface area contributed by atoms with Gasteiger partial charge in [-0.3, -0.25) is 4.79 Å². The minimum Gasteiger partial charge on any atom is -0.378 e. The van der Waals surface area contributed by atoms with E-state index in [2.05, 4.69) is 25.6 Å². The summed E-state index contributed by atoms with van der Waals surface area (Å²) < 4.78 is 43.5. The lowest BCUT2D eigenvalue weighted by Gasteiger charge is -2.44. The van der Waals surface area contributed by atoms with Crippen LogP contribution in [-0.2, 0) is 4.79 Å². The van der Waals surface area contributed by atoms with Crippen LogP contribution in [0.5, 0.6) is 0 Å². The predicted octanol–water partition coefficient (Wildman–Crippen LogP) is 3.81. The molecule has 35 heavy (non-hydrogen) atoms. The highest BCUT2D eigenvalue weighted by Crippen LogP contribution is 2.48. The molecular weight excluding hydrogens is 461 g/mol. The van der Waals surface area contributed by atoms with Crippen molar-refractivity contribution >= 4 is 22.5 Å². The van der Waals surface area contributed by atoms with Crippen LogP contribution in [0.1, 0.15) is 50.6 Å². The Morgan fingerprint density at radius 2 is 2.06 bits per heavy atom. The highest BCUT2D eigenvalue weighted by Gasteiger charge is 2.63. The fraction of sp³-hybridized carbons (Fsp3) is 0.500. The second kappa shape index (κ2) is 8.47. The first kappa shape index (κ1) is 23.5. The van der Waals surface area contributed by atoms with Crippen LogP contribution in [0.2, 0.25) is 0 Å². The van der Waals surface area contributed by atoms with Crippen LogP contribution >= 0.6 is 0 Å². The van der Waals surface area contributed by atoms with E-state index in [1.807, 2.05) is 6.07 Å². The summed E-state index contributed by atoms with van der Waals surface area (Å²) in [5, 5.41) is 22.6. The van der Waals surface area contributed by atoms with Gasteiger partial charge in [0.25, 0.3) is 0 Å². The molecule has 0 spiro atoms. The molecule has 3 aromatic rings. The summed E-state index contributed by atoms with van der Waals surface area (Å²) in [6.45, 7) is 0.468. The molecule has 3 N–H and O–H groups in total. The Labute approximate surface area is 199 Å². The third kappa shape index (κ3) is 3.91. The van der Waals surface area contributed by atoms with Crippen molar-refractivity contribution < 1.29 is 23.1 Å². The average Bonchev–Trinajstić information content (AvgIpc) is 3.48. The van der Waals surface area contributed by atoms with E-state index in [4.69, 9.17) is 0 Å². The molecule has 2 unspecified atom stereocenters. The summed E-state index contributed by atoms with van der Waals surface area (Å²) >= 11 is 0. The van der Waals surface area contributed by atoms with E-state index in [-0.39, 0.29) is 12.3 Å². The number of nitrogens with zero attached hydrogens (tertiary/aromatic N) is 4. The number of allylic oxidation sites excluding steroid dienone is 3. The molecule has 1 amide bonds. The van der Waals surface area contributed by atoms with Gasteiger partial charge in [-0.15, -0.1) is 5.10 Å². The molecule has 3 aromatic heterocycles. The van der Waals surface area contributed by atoms with E-state index in [1.54, 1.807) is 29.2 Å². The first-order valence-electron chi connectivity index (χ1n) is 11.7. The number of hydrogen-bond donors (Lipinski definition) is 3. The molecule has 8 nitrogen and oxygen atoms in total. The van der Waals surface area contributed by atoms with E-state index in [9.17, 15) is 23.1 Å². The maximum atomic E-state index is 14.0. The van der Waals surface area contributed by atoms with Gasteiger partial charge >= 0.3 is 6.18 Å². The molecule has 1 saturated carbocycles. The zero-order valence-electron chi connectivity index (χ0n) is 19.2. The van der Waals surface area contributed by atoms with Gasteiger partial charge in [0.15, 0.2) is 5.60 Å². The lowest BCUT2D eigenvalue weighted by atomic mass is 9.68. The Morgan fingerprint density at radius 3 is 2.74 bits per heavy atom. The largest absolute Gasteiger partial charge is 0.419 e. The topological polar surface area (TPSA) is 108 Å². The third-order valence-corrected chi connectivity index (χ3v) is 7.67. The van der Waals surface area contributed by atoms with E-state index < -0.39 is 35.6 Å². The summed E-state index contributed by atoms with van der Waals surface area (Å²) in [4.78, 5) is 20.2. The van der Waals surface area contributed by atoms with Gasteiger partial charge in [0.1, 0.15) is 17.5 Å². The van der Waals surface area contributed by atoms with Crippen molar-refractivity contribution in [3.8, 4) is 0 Å². The van der Waals surface area contributed by atoms with Crippen molar-refractivity contribution in [3.63, 3.8) is 0 Å². The number of fused-ring (bicyclic) bond motifs is 3. The normalized spacial score (nSPS) is 26.8. The number of halogens is 3. The fourth-order valence-electron chi connectivity index (χ4n) is 5.34. The first-order valence-corrected chi connectivity index (χ1v) is 11.7. The maximum absolute atomic E-state index is 14.0. The molecule has 2 aliphatic rings. The van der Waals surface area contributed by atoms with Crippen LogP contribution in [0.3, 0.4) is 0 Å². The number of aromatic nitrogens is 5. The third-order valence-electron chi connectivity index (χ3n) is 7.67. The summed E-state index contributed by atoms with van der Waals surface area (Å²) in [6.07, 6.45) is 6.96. The van der Waals surface area contributed by atoms with Gasteiger partial charge in [-0.1, -0.05) is 36.4 Å². The van der Waals surface area contributed by atoms with Gasteiger partial charge in [0, 0.05) is 28.8 Å². The fourth-order valence-corrected chi connectivity index (χ4v) is 5.34. The number of carbonyl (C=O) groups excluding carboxylic acids is 1. The van der Waals surface area contributed by atoms with Crippen LogP contribution in [-0.4, -0.2) is 54.1 Å². The summed E-state index contributed by atoms with van der Waals surface area (Å²) in [5.74, 6) is -0.800. The second-order valence-electron chi connectivity index (χ2n) is 9.79. The summed E-state index contributed by atoms with van der Waals surface area (Å²) in [5.41, 5.74) is -2.19. The van der Waals surface area contributed by atoms with Gasteiger partial charge in [-0.25, -0.2) is 9.50 Å². The minimum absolute atomic E-state index is 0.0249. The van der Waals surface area contributed by atoms with E-state index in [0.29, 0.717) is 25.7 Å². The number of carbonyl (C=O) groups is 1. The van der Waals surface area contributed by atoms with Crippen LogP contribution < -0.4 is 5.32 Å². The molecule has 186 valence electrons. The molecular formula is C24H27F3N6O2. The molecule has 0 aromatic carbocycles. The van der Waals surface area contributed by atoms with Crippen molar-refractivity contribution in [2.75, 3.05) is 6.54 Å². The predicted molar refractivity (Wildman–Crippen MR) is 122 cm³/mol. The molecule has 5 rings (SSSR count). The lowest BCUT2D eigenvalue weighted by molar-refractivity contribution is -0.288. The molecule has 0 radical (unpaired) electrons. The van der Waals surface area contributed by atoms with Crippen LogP contribution in [0.4, 0.5) is 13.2 Å². The number of rotatable bonds is 5. The first-order chi connectivity index (χ1) is 16.6. The Kier molecular flexibility index (Phi) is 5.70. The monoisotopic (exact) mass is 488 g/mol. The number of alkyl halides is 3. The van der Waals surface area contributed by atoms with Crippen molar-refractivity contribution in [2.45, 2.75) is 56.7 Å². The molecule has 0 saturated heterocycles. The van der Waals surface area contributed by atoms with Gasteiger partial charge in [0.05, 0.1) is 12.2 Å². The number of nitrogens with one attached hydrogen (secondary N) is 2.